The topological polar surface area (TPSA) is 89.1 Å². The van der Waals surface area contributed by atoms with Crippen molar-refractivity contribution >= 4 is 29.9 Å². The van der Waals surface area contributed by atoms with Gasteiger partial charge in [0.25, 0.3) is 0 Å². The van der Waals surface area contributed by atoms with Crippen LogP contribution in [-0.4, -0.2) is 43.0 Å². The second-order valence-corrected chi connectivity index (χ2v) is 4.48. The van der Waals surface area contributed by atoms with Crippen LogP contribution >= 0.6 is 24.0 Å². The standard InChI is InChI=1S/C13H19N3O3.HI/c1-2-15-12(14)16-7-13(17)8-18-10-5-3-4-6-11(10)19-9-13;/h3-6,17H,2,7-9H2,1H3,(H3,14,15,16);1H. The van der Waals surface area contributed by atoms with Gasteiger partial charge in [0.2, 0.25) is 0 Å². The number of fused-ring (bicyclic) bond motifs is 1. The fraction of sp³-hybridized carbons (Fsp3) is 0.462. The summed E-state index contributed by atoms with van der Waals surface area (Å²) >= 11 is 0. The van der Waals surface area contributed by atoms with Gasteiger partial charge in [0, 0.05) is 6.54 Å². The first-order valence-electron chi connectivity index (χ1n) is 6.24. The smallest absolute Gasteiger partial charge is 0.188 e. The van der Waals surface area contributed by atoms with Crippen molar-refractivity contribution in [2.75, 3.05) is 26.3 Å². The van der Waals surface area contributed by atoms with Crippen molar-refractivity contribution in [1.82, 2.24) is 5.32 Å². The van der Waals surface area contributed by atoms with Crippen molar-refractivity contribution in [1.29, 1.82) is 0 Å². The Kier molecular flexibility index (Phi) is 6.34. The van der Waals surface area contributed by atoms with Crippen LogP contribution < -0.4 is 20.5 Å². The highest BCUT2D eigenvalue weighted by Crippen LogP contribution is 2.30. The van der Waals surface area contributed by atoms with Gasteiger partial charge < -0.3 is 25.6 Å². The molecule has 0 amide bonds. The van der Waals surface area contributed by atoms with Gasteiger partial charge in [-0.2, -0.15) is 0 Å². The molecule has 0 fully saturated rings. The normalized spacial score (nSPS) is 16.8. The van der Waals surface area contributed by atoms with Crippen LogP contribution in [0, 0.1) is 0 Å². The zero-order chi connectivity index (χ0) is 13.7. The molecule has 0 atom stereocenters. The molecule has 0 unspecified atom stereocenters. The summed E-state index contributed by atoms with van der Waals surface area (Å²) in [7, 11) is 0. The Bertz CT molecular complexity index is 441. The Hall–Kier alpha value is -1.22. The van der Waals surface area contributed by atoms with Crippen molar-refractivity contribution in [2.24, 2.45) is 10.7 Å². The molecular weight excluding hydrogens is 373 g/mol. The van der Waals surface area contributed by atoms with E-state index in [0.717, 1.165) is 0 Å². The first-order chi connectivity index (χ1) is 9.13. The van der Waals surface area contributed by atoms with Gasteiger partial charge in [0.05, 0.1) is 6.54 Å². The molecule has 1 aromatic rings. The summed E-state index contributed by atoms with van der Waals surface area (Å²) in [4.78, 5) is 4.09. The number of benzene rings is 1. The van der Waals surface area contributed by atoms with Gasteiger partial charge in [-0.1, -0.05) is 12.1 Å². The van der Waals surface area contributed by atoms with E-state index in [1.54, 1.807) is 12.1 Å². The molecule has 0 bridgehead atoms. The van der Waals surface area contributed by atoms with Crippen LogP contribution in [0.3, 0.4) is 0 Å². The summed E-state index contributed by atoms with van der Waals surface area (Å²) in [6.07, 6.45) is 0. The Morgan fingerprint density at radius 3 is 2.40 bits per heavy atom. The number of nitrogens with two attached hydrogens (primary N) is 1. The molecule has 6 nitrogen and oxygen atoms in total. The molecule has 1 aliphatic rings. The molecule has 112 valence electrons. The fourth-order valence-electron chi connectivity index (χ4n) is 1.72. The molecule has 1 aliphatic heterocycles. The number of hydrogen-bond acceptors (Lipinski definition) is 4. The van der Waals surface area contributed by atoms with Gasteiger partial charge in [-0.05, 0) is 19.1 Å². The third-order valence-electron chi connectivity index (χ3n) is 2.74. The predicted octanol–water partition coefficient (Wildman–Crippen LogP) is 0.731. The molecule has 4 N–H and O–H groups in total. The van der Waals surface area contributed by atoms with Crippen LogP contribution in [0.25, 0.3) is 0 Å². The maximum Gasteiger partial charge on any atom is 0.188 e. The number of para-hydroxylation sites is 2. The molecule has 1 aromatic carbocycles. The summed E-state index contributed by atoms with van der Waals surface area (Å²) in [5.74, 6) is 1.56. The van der Waals surface area contributed by atoms with E-state index >= 15 is 0 Å². The van der Waals surface area contributed by atoms with Crippen LogP contribution in [0.5, 0.6) is 11.5 Å². The third-order valence-corrected chi connectivity index (χ3v) is 2.74. The maximum atomic E-state index is 10.4. The van der Waals surface area contributed by atoms with Gasteiger partial charge in [0.1, 0.15) is 13.2 Å². The number of ether oxygens (including phenoxy) is 2. The number of hydrogen-bond donors (Lipinski definition) is 3. The Labute approximate surface area is 135 Å². The lowest BCUT2D eigenvalue weighted by molar-refractivity contribution is -0.0198. The zero-order valence-corrected chi connectivity index (χ0v) is 13.7. The van der Waals surface area contributed by atoms with Crippen LogP contribution in [-0.2, 0) is 0 Å². The zero-order valence-electron chi connectivity index (χ0n) is 11.3. The van der Waals surface area contributed by atoms with Gasteiger partial charge in [-0.15, -0.1) is 24.0 Å². The van der Waals surface area contributed by atoms with E-state index in [-0.39, 0.29) is 43.7 Å². The number of nitrogens with one attached hydrogen (secondary N) is 1. The van der Waals surface area contributed by atoms with E-state index in [9.17, 15) is 5.11 Å². The second-order valence-electron chi connectivity index (χ2n) is 4.48. The minimum Gasteiger partial charge on any atom is -0.486 e. The van der Waals surface area contributed by atoms with E-state index < -0.39 is 5.60 Å². The molecule has 2 rings (SSSR count). The SMILES string of the molecule is CCNC(N)=NCC1(O)COc2ccccc2OC1.I. The Morgan fingerprint density at radius 1 is 1.35 bits per heavy atom. The van der Waals surface area contributed by atoms with Crippen LogP contribution in [0.1, 0.15) is 6.92 Å². The largest absolute Gasteiger partial charge is 0.486 e. The molecule has 0 aromatic heterocycles. The predicted molar refractivity (Wildman–Crippen MR) is 88.0 cm³/mol. The summed E-state index contributed by atoms with van der Waals surface area (Å²) in [5.41, 5.74) is 4.45. The lowest BCUT2D eigenvalue weighted by atomic mass is 10.1. The lowest BCUT2D eigenvalue weighted by Crippen LogP contribution is -2.45. The quantitative estimate of drug-likeness (QED) is 0.400. The van der Waals surface area contributed by atoms with Crippen molar-refractivity contribution in [2.45, 2.75) is 12.5 Å². The maximum absolute atomic E-state index is 10.4. The molecular formula is C13H20IN3O3. The van der Waals surface area contributed by atoms with Gasteiger partial charge >= 0.3 is 0 Å². The minimum absolute atomic E-state index is 0. The molecule has 20 heavy (non-hydrogen) atoms. The highest BCUT2D eigenvalue weighted by Gasteiger charge is 2.32. The summed E-state index contributed by atoms with van der Waals surface area (Å²) in [6, 6.07) is 7.32. The summed E-state index contributed by atoms with van der Waals surface area (Å²) < 4.78 is 11.1. The van der Waals surface area contributed by atoms with E-state index in [0.29, 0.717) is 24.0 Å². The van der Waals surface area contributed by atoms with Crippen molar-refractivity contribution in [3.63, 3.8) is 0 Å². The van der Waals surface area contributed by atoms with E-state index in [1.165, 1.54) is 0 Å². The van der Waals surface area contributed by atoms with E-state index in [2.05, 4.69) is 10.3 Å². The van der Waals surface area contributed by atoms with Crippen LogP contribution in [0.15, 0.2) is 29.3 Å². The summed E-state index contributed by atoms with van der Waals surface area (Å²) in [5, 5.41) is 13.3. The number of halogens is 1. The van der Waals surface area contributed by atoms with Gasteiger partial charge in [-0.3, -0.25) is 4.99 Å². The Morgan fingerprint density at radius 2 is 1.90 bits per heavy atom. The number of rotatable bonds is 3. The second kappa shape index (κ2) is 7.53. The van der Waals surface area contributed by atoms with Gasteiger partial charge in [0.15, 0.2) is 23.1 Å². The first-order valence-corrected chi connectivity index (χ1v) is 6.24. The molecule has 0 aliphatic carbocycles. The first kappa shape index (κ1) is 16.8. The minimum atomic E-state index is -1.18. The van der Waals surface area contributed by atoms with Crippen molar-refractivity contribution < 1.29 is 14.6 Å². The van der Waals surface area contributed by atoms with Crippen molar-refractivity contribution in [3.05, 3.63) is 24.3 Å². The number of aliphatic imine (C=N–C) groups is 1. The molecule has 0 saturated carbocycles. The highest BCUT2D eigenvalue weighted by molar-refractivity contribution is 14.0. The molecule has 0 radical (unpaired) electrons. The van der Waals surface area contributed by atoms with Crippen LogP contribution in [0.2, 0.25) is 0 Å². The molecule has 0 saturated heterocycles. The lowest BCUT2D eigenvalue weighted by Gasteiger charge is -2.22. The summed E-state index contributed by atoms with van der Waals surface area (Å²) in [6.45, 7) is 2.97. The number of guanidine groups is 1. The van der Waals surface area contributed by atoms with Crippen molar-refractivity contribution in [3.8, 4) is 11.5 Å². The highest BCUT2D eigenvalue weighted by atomic mass is 127. The average Bonchev–Trinajstić information content (AvgIpc) is 2.58. The molecule has 0 spiro atoms. The average molecular weight is 393 g/mol. The Balaban J connectivity index is 0.00000200. The molecule has 1 heterocycles. The number of nitrogens with zero attached hydrogens (tertiary/aromatic N) is 1. The van der Waals surface area contributed by atoms with Crippen LogP contribution in [0.4, 0.5) is 0 Å². The van der Waals surface area contributed by atoms with E-state index in [4.69, 9.17) is 15.2 Å². The fourth-order valence-corrected chi connectivity index (χ4v) is 1.72. The van der Waals surface area contributed by atoms with Gasteiger partial charge in [-0.25, -0.2) is 0 Å². The third kappa shape index (κ3) is 4.41. The molecule has 7 heteroatoms. The number of aliphatic hydroxyl groups is 1. The monoisotopic (exact) mass is 393 g/mol. The van der Waals surface area contributed by atoms with E-state index in [1.807, 2.05) is 19.1 Å².